The summed E-state index contributed by atoms with van der Waals surface area (Å²) in [5.74, 6) is 0.964. The van der Waals surface area contributed by atoms with Crippen LogP contribution in [0.3, 0.4) is 0 Å². The lowest BCUT2D eigenvalue weighted by molar-refractivity contribution is 0.556. The molecule has 90 valence electrons. The Bertz CT molecular complexity index is 316. The van der Waals surface area contributed by atoms with E-state index in [1.54, 1.807) is 0 Å². The molecule has 0 aliphatic carbocycles. The Hall–Kier alpha value is -0.803. The van der Waals surface area contributed by atoms with Gasteiger partial charge >= 0.3 is 0 Å². The van der Waals surface area contributed by atoms with E-state index in [9.17, 15) is 0 Å². The molecule has 0 radical (unpaired) electrons. The maximum atomic E-state index is 6.05. The van der Waals surface area contributed by atoms with E-state index >= 15 is 0 Å². The van der Waals surface area contributed by atoms with Gasteiger partial charge in [-0.05, 0) is 43.8 Å². The zero-order valence-electron chi connectivity index (χ0n) is 10.8. The molecule has 1 aromatic rings. The zero-order valence-corrected chi connectivity index (χ0v) is 11.8. The first-order chi connectivity index (χ1) is 7.42. The highest BCUT2D eigenvalue weighted by Crippen LogP contribution is 2.21. The lowest BCUT2D eigenvalue weighted by Gasteiger charge is -2.19. The number of nitrogens with two attached hydrogens (primary N) is 1. The lowest BCUT2D eigenvalue weighted by Crippen LogP contribution is -2.29. The maximum absolute atomic E-state index is 6.05. The molecule has 0 aliphatic heterocycles. The van der Waals surface area contributed by atoms with Crippen LogP contribution in [0.2, 0.25) is 19.6 Å². The molecule has 0 aliphatic rings. The number of hydrogen-bond acceptors (Lipinski definition) is 2. The van der Waals surface area contributed by atoms with E-state index < -0.39 is 8.32 Å². The topological polar surface area (TPSA) is 35.2 Å². The SMILES string of the molecule is CCC[C@H](N)c1ccc(O[Si](C)(C)C)cc1. The third-order valence-electron chi connectivity index (χ3n) is 2.33. The van der Waals surface area contributed by atoms with E-state index in [4.69, 9.17) is 10.2 Å². The molecular formula is C13H23NOSi. The molecule has 1 atom stereocenters. The quantitative estimate of drug-likeness (QED) is 0.793. The minimum Gasteiger partial charge on any atom is -0.544 e. The van der Waals surface area contributed by atoms with Gasteiger partial charge in [-0.3, -0.25) is 0 Å². The van der Waals surface area contributed by atoms with Crippen LogP contribution in [0.4, 0.5) is 0 Å². The van der Waals surface area contributed by atoms with Crippen LogP contribution in [0.1, 0.15) is 31.4 Å². The summed E-state index contributed by atoms with van der Waals surface area (Å²) in [6.45, 7) is 8.71. The number of rotatable bonds is 5. The molecule has 0 heterocycles. The minimum atomic E-state index is -1.49. The molecule has 0 amide bonds. The van der Waals surface area contributed by atoms with Crippen molar-refractivity contribution in [2.75, 3.05) is 0 Å². The van der Waals surface area contributed by atoms with Gasteiger partial charge in [0.25, 0.3) is 0 Å². The van der Waals surface area contributed by atoms with E-state index in [-0.39, 0.29) is 6.04 Å². The van der Waals surface area contributed by atoms with E-state index in [0.29, 0.717) is 0 Å². The normalized spacial score (nSPS) is 13.6. The molecule has 1 rings (SSSR count). The summed E-state index contributed by atoms with van der Waals surface area (Å²) in [5.41, 5.74) is 7.25. The molecule has 16 heavy (non-hydrogen) atoms. The molecular weight excluding hydrogens is 214 g/mol. The highest BCUT2D eigenvalue weighted by Gasteiger charge is 2.16. The summed E-state index contributed by atoms with van der Waals surface area (Å²) < 4.78 is 5.89. The predicted octanol–water partition coefficient (Wildman–Crippen LogP) is 3.70. The molecule has 0 saturated carbocycles. The summed E-state index contributed by atoms with van der Waals surface area (Å²) in [4.78, 5) is 0. The van der Waals surface area contributed by atoms with Gasteiger partial charge in [-0.15, -0.1) is 0 Å². The maximum Gasteiger partial charge on any atom is 0.242 e. The summed E-state index contributed by atoms with van der Waals surface area (Å²) >= 11 is 0. The molecule has 1 aromatic carbocycles. The van der Waals surface area contributed by atoms with Crippen molar-refractivity contribution in [3.63, 3.8) is 0 Å². The zero-order chi connectivity index (χ0) is 12.2. The first-order valence-corrected chi connectivity index (χ1v) is 9.38. The van der Waals surface area contributed by atoms with Gasteiger partial charge in [-0.1, -0.05) is 25.5 Å². The lowest BCUT2D eigenvalue weighted by atomic mass is 10.0. The van der Waals surface area contributed by atoms with Crippen LogP contribution in [0.25, 0.3) is 0 Å². The van der Waals surface area contributed by atoms with Crippen LogP contribution in [0.5, 0.6) is 5.75 Å². The number of benzene rings is 1. The average molecular weight is 237 g/mol. The Morgan fingerprint density at radius 1 is 1.19 bits per heavy atom. The fourth-order valence-electron chi connectivity index (χ4n) is 1.61. The van der Waals surface area contributed by atoms with Gasteiger partial charge in [0.1, 0.15) is 5.75 Å². The van der Waals surface area contributed by atoms with Gasteiger partial charge < -0.3 is 10.2 Å². The fraction of sp³-hybridized carbons (Fsp3) is 0.538. The van der Waals surface area contributed by atoms with E-state index in [1.807, 2.05) is 12.1 Å². The van der Waals surface area contributed by atoms with Crippen LogP contribution in [-0.4, -0.2) is 8.32 Å². The van der Waals surface area contributed by atoms with Crippen LogP contribution in [0, 0.1) is 0 Å². The van der Waals surface area contributed by atoms with Crippen molar-refractivity contribution in [1.29, 1.82) is 0 Å². The van der Waals surface area contributed by atoms with Gasteiger partial charge in [0, 0.05) is 6.04 Å². The van der Waals surface area contributed by atoms with Gasteiger partial charge in [-0.25, -0.2) is 0 Å². The van der Waals surface area contributed by atoms with Gasteiger partial charge in [0.2, 0.25) is 8.32 Å². The average Bonchev–Trinajstić information content (AvgIpc) is 2.16. The highest BCUT2D eigenvalue weighted by molar-refractivity contribution is 6.70. The number of hydrogen-bond donors (Lipinski definition) is 1. The molecule has 0 unspecified atom stereocenters. The van der Waals surface area contributed by atoms with Gasteiger partial charge in [-0.2, -0.15) is 0 Å². The second kappa shape index (κ2) is 5.50. The Morgan fingerprint density at radius 3 is 2.19 bits per heavy atom. The predicted molar refractivity (Wildman–Crippen MR) is 72.3 cm³/mol. The van der Waals surface area contributed by atoms with Crippen molar-refractivity contribution in [1.82, 2.24) is 0 Å². The van der Waals surface area contributed by atoms with Crippen LogP contribution >= 0.6 is 0 Å². The van der Waals surface area contributed by atoms with Crippen LogP contribution in [0.15, 0.2) is 24.3 Å². The smallest absolute Gasteiger partial charge is 0.242 e. The Kier molecular flexibility index (Phi) is 4.56. The first-order valence-electron chi connectivity index (χ1n) is 5.97. The second-order valence-electron chi connectivity index (χ2n) is 5.18. The van der Waals surface area contributed by atoms with Crippen molar-refractivity contribution in [2.45, 2.75) is 45.4 Å². The largest absolute Gasteiger partial charge is 0.544 e. The molecule has 2 nitrogen and oxygen atoms in total. The Balaban J connectivity index is 2.68. The Labute approximate surface area is 99.9 Å². The van der Waals surface area contributed by atoms with Crippen molar-refractivity contribution in [3.05, 3.63) is 29.8 Å². The fourth-order valence-corrected chi connectivity index (χ4v) is 2.46. The van der Waals surface area contributed by atoms with Crippen molar-refractivity contribution >= 4 is 8.32 Å². The van der Waals surface area contributed by atoms with Crippen LogP contribution in [-0.2, 0) is 0 Å². The molecule has 0 spiro atoms. The van der Waals surface area contributed by atoms with Gasteiger partial charge in [0.05, 0.1) is 0 Å². The van der Waals surface area contributed by atoms with Crippen molar-refractivity contribution < 1.29 is 4.43 Å². The second-order valence-corrected chi connectivity index (χ2v) is 9.61. The summed E-state index contributed by atoms with van der Waals surface area (Å²) in [6.07, 6.45) is 2.16. The summed E-state index contributed by atoms with van der Waals surface area (Å²) in [5, 5.41) is 0. The highest BCUT2D eigenvalue weighted by atomic mass is 28.4. The monoisotopic (exact) mass is 237 g/mol. The summed E-state index contributed by atoms with van der Waals surface area (Å²) in [7, 11) is -1.49. The molecule has 0 aromatic heterocycles. The minimum absolute atomic E-state index is 0.158. The molecule has 0 bridgehead atoms. The van der Waals surface area contributed by atoms with E-state index in [0.717, 1.165) is 18.6 Å². The van der Waals surface area contributed by atoms with Crippen molar-refractivity contribution in [2.24, 2.45) is 5.73 Å². The van der Waals surface area contributed by atoms with Crippen molar-refractivity contribution in [3.8, 4) is 5.75 Å². The molecule has 0 saturated heterocycles. The van der Waals surface area contributed by atoms with Crippen LogP contribution < -0.4 is 10.2 Å². The van der Waals surface area contributed by atoms with E-state index in [1.165, 1.54) is 5.56 Å². The van der Waals surface area contributed by atoms with Gasteiger partial charge in [0.15, 0.2) is 0 Å². The molecule has 3 heteroatoms. The Morgan fingerprint density at radius 2 is 1.75 bits per heavy atom. The summed E-state index contributed by atoms with van der Waals surface area (Å²) in [6, 6.07) is 8.38. The first kappa shape index (κ1) is 13.3. The molecule has 2 N–H and O–H groups in total. The third kappa shape index (κ3) is 4.37. The molecule has 0 fully saturated rings. The standard InChI is InChI=1S/C13H23NOSi/c1-5-6-13(14)11-7-9-12(10-8-11)15-16(2,3)4/h7-10,13H,5-6,14H2,1-4H3/t13-/m0/s1. The third-order valence-corrected chi connectivity index (χ3v) is 3.18. The van der Waals surface area contributed by atoms with E-state index in [2.05, 4.69) is 38.7 Å².